The second-order valence-corrected chi connectivity index (χ2v) is 9.59. The number of halogens is 4. The number of rotatable bonds is 6. The van der Waals surface area contributed by atoms with Gasteiger partial charge in [0.2, 0.25) is 5.91 Å². The van der Waals surface area contributed by atoms with Gasteiger partial charge in [0.05, 0.1) is 30.7 Å². The van der Waals surface area contributed by atoms with Gasteiger partial charge in [-0.1, -0.05) is 64.6 Å². The van der Waals surface area contributed by atoms with Crippen molar-refractivity contribution >= 4 is 73.7 Å². The van der Waals surface area contributed by atoms with Crippen molar-refractivity contribution in [1.82, 2.24) is 0 Å². The van der Waals surface area contributed by atoms with Crippen molar-refractivity contribution in [2.24, 2.45) is 0 Å². The second-order valence-electron chi connectivity index (χ2n) is 6.10. The molecule has 0 fully saturated rings. The second kappa shape index (κ2) is 9.45. The van der Waals surface area contributed by atoms with Crippen LogP contribution in [0.1, 0.15) is 0 Å². The van der Waals surface area contributed by atoms with Crippen molar-refractivity contribution in [3.8, 4) is 0 Å². The minimum Gasteiger partial charge on any atom is -0.324 e. The quantitative estimate of drug-likeness (QED) is 0.439. The van der Waals surface area contributed by atoms with E-state index in [1.807, 2.05) is 0 Å². The van der Waals surface area contributed by atoms with Gasteiger partial charge in [0.1, 0.15) is 6.54 Å². The van der Waals surface area contributed by atoms with Crippen LogP contribution in [-0.2, 0) is 14.8 Å². The zero-order valence-electron chi connectivity index (χ0n) is 15.2. The van der Waals surface area contributed by atoms with Gasteiger partial charge in [-0.25, -0.2) is 8.42 Å². The Hall–Kier alpha value is -1.96. The first-order valence-corrected chi connectivity index (χ1v) is 11.4. The maximum absolute atomic E-state index is 13.2. The van der Waals surface area contributed by atoms with Crippen LogP contribution in [0, 0.1) is 0 Å². The van der Waals surface area contributed by atoms with Gasteiger partial charge in [0.25, 0.3) is 10.0 Å². The van der Waals surface area contributed by atoms with Crippen molar-refractivity contribution in [2.75, 3.05) is 16.2 Å². The zero-order chi connectivity index (χ0) is 21.9. The molecule has 3 aromatic rings. The zero-order valence-corrected chi connectivity index (χ0v) is 19.0. The van der Waals surface area contributed by atoms with E-state index in [9.17, 15) is 13.2 Å². The number of nitrogens with one attached hydrogen (secondary N) is 1. The largest absolute Gasteiger partial charge is 0.324 e. The Morgan fingerprint density at radius 3 is 2.00 bits per heavy atom. The van der Waals surface area contributed by atoms with E-state index >= 15 is 0 Å². The lowest BCUT2D eigenvalue weighted by Gasteiger charge is -2.24. The molecule has 0 aliphatic heterocycles. The van der Waals surface area contributed by atoms with Crippen LogP contribution < -0.4 is 9.62 Å². The van der Waals surface area contributed by atoms with Crippen molar-refractivity contribution in [3.63, 3.8) is 0 Å². The van der Waals surface area contributed by atoms with E-state index in [1.165, 1.54) is 42.5 Å². The van der Waals surface area contributed by atoms with E-state index in [-0.39, 0.29) is 25.7 Å². The highest BCUT2D eigenvalue weighted by Gasteiger charge is 2.27. The molecule has 0 saturated carbocycles. The first-order chi connectivity index (χ1) is 14.2. The van der Waals surface area contributed by atoms with Gasteiger partial charge in [0, 0.05) is 5.69 Å². The fourth-order valence-electron chi connectivity index (χ4n) is 2.58. The van der Waals surface area contributed by atoms with E-state index in [4.69, 9.17) is 46.4 Å². The molecule has 0 spiro atoms. The summed E-state index contributed by atoms with van der Waals surface area (Å²) in [5, 5.41) is 3.62. The highest BCUT2D eigenvalue weighted by molar-refractivity contribution is 7.92. The average molecular weight is 504 g/mol. The van der Waals surface area contributed by atoms with Gasteiger partial charge in [-0.15, -0.1) is 0 Å². The normalized spacial score (nSPS) is 11.2. The molecule has 0 radical (unpaired) electrons. The van der Waals surface area contributed by atoms with Gasteiger partial charge in [-0.2, -0.15) is 0 Å². The number of benzene rings is 3. The summed E-state index contributed by atoms with van der Waals surface area (Å²) >= 11 is 23.9. The van der Waals surface area contributed by atoms with Crippen LogP contribution in [0.2, 0.25) is 20.1 Å². The Morgan fingerprint density at radius 2 is 1.40 bits per heavy atom. The minimum atomic E-state index is -4.06. The molecule has 3 rings (SSSR count). The van der Waals surface area contributed by atoms with Crippen molar-refractivity contribution in [3.05, 3.63) is 86.8 Å². The number of nitrogens with zero attached hydrogens (tertiary/aromatic N) is 1. The lowest BCUT2D eigenvalue weighted by atomic mass is 10.3. The first kappa shape index (κ1) is 22.7. The summed E-state index contributed by atoms with van der Waals surface area (Å²) in [5.41, 5.74) is 0.568. The van der Waals surface area contributed by atoms with Crippen molar-refractivity contribution in [1.29, 1.82) is 0 Å². The Bertz CT molecular complexity index is 1190. The number of amides is 1. The molecule has 1 amide bonds. The van der Waals surface area contributed by atoms with Crippen LogP contribution in [0.15, 0.2) is 71.6 Å². The molecule has 0 heterocycles. The van der Waals surface area contributed by atoms with Gasteiger partial charge in [-0.05, 0) is 48.5 Å². The van der Waals surface area contributed by atoms with E-state index in [0.29, 0.717) is 10.7 Å². The van der Waals surface area contributed by atoms with E-state index in [0.717, 1.165) is 4.31 Å². The monoisotopic (exact) mass is 502 g/mol. The smallest absolute Gasteiger partial charge is 0.264 e. The maximum atomic E-state index is 13.2. The lowest BCUT2D eigenvalue weighted by molar-refractivity contribution is -0.114. The number of carbonyl (C=O) groups excluding carboxylic acids is 1. The molecule has 0 aliphatic rings. The predicted molar refractivity (Wildman–Crippen MR) is 123 cm³/mol. The molecule has 30 heavy (non-hydrogen) atoms. The molecule has 1 N–H and O–H groups in total. The summed E-state index contributed by atoms with van der Waals surface area (Å²) in [7, 11) is -4.06. The van der Waals surface area contributed by atoms with Crippen LogP contribution in [0.25, 0.3) is 0 Å². The summed E-state index contributed by atoms with van der Waals surface area (Å²) in [6.07, 6.45) is 0. The number of carbonyl (C=O) groups is 1. The molecule has 10 heteroatoms. The summed E-state index contributed by atoms with van der Waals surface area (Å²) in [5.74, 6) is -0.584. The van der Waals surface area contributed by atoms with Gasteiger partial charge < -0.3 is 5.32 Å². The molecule has 0 bridgehead atoms. The predicted octanol–water partition coefficient (Wildman–Crippen LogP) is 6.13. The number of hydrogen-bond acceptors (Lipinski definition) is 3. The summed E-state index contributed by atoms with van der Waals surface area (Å²) in [6, 6.07) is 16.6. The van der Waals surface area contributed by atoms with Crippen LogP contribution in [0.5, 0.6) is 0 Å². The number of sulfonamides is 1. The van der Waals surface area contributed by atoms with Gasteiger partial charge >= 0.3 is 0 Å². The maximum Gasteiger partial charge on any atom is 0.264 e. The first-order valence-electron chi connectivity index (χ1n) is 8.46. The Kier molecular flexibility index (Phi) is 7.16. The Labute approximate surface area is 194 Å². The third-order valence-corrected chi connectivity index (χ3v) is 7.28. The molecular formula is C20H14Cl4N2O3S. The molecule has 0 unspecified atom stereocenters. The number of anilines is 2. The summed E-state index contributed by atoms with van der Waals surface area (Å²) < 4.78 is 27.4. The molecular weight excluding hydrogens is 490 g/mol. The average Bonchev–Trinajstić information content (AvgIpc) is 2.72. The fraction of sp³-hybridized carbons (Fsp3) is 0.0500. The highest BCUT2D eigenvalue weighted by Crippen LogP contribution is 2.31. The Balaban J connectivity index is 1.95. The topological polar surface area (TPSA) is 66.5 Å². The lowest BCUT2D eigenvalue weighted by Crippen LogP contribution is -2.38. The minimum absolute atomic E-state index is 0.0263. The fourth-order valence-corrected chi connectivity index (χ4v) is 4.60. The van der Waals surface area contributed by atoms with Crippen LogP contribution >= 0.6 is 46.4 Å². The third-order valence-electron chi connectivity index (χ3n) is 4.01. The van der Waals surface area contributed by atoms with E-state index < -0.39 is 22.5 Å². The summed E-state index contributed by atoms with van der Waals surface area (Å²) in [4.78, 5) is 12.7. The van der Waals surface area contributed by atoms with E-state index in [1.54, 1.807) is 24.3 Å². The van der Waals surface area contributed by atoms with Crippen LogP contribution in [0.4, 0.5) is 11.4 Å². The third kappa shape index (κ3) is 5.20. The van der Waals surface area contributed by atoms with Crippen LogP contribution in [-0.4, -0.2) is 20.9 Å². The van der Waals surface area contributed by atoms with E-state index in [2.05, 4.69) is 5.32 Å². The molecule has 0 atom stereocenters. The molecule has 0 saturated heterocycles. The molecule has 0 aliphatic carbocycles. The standard InChI is InChI=1S/C20H14Cl4N2O3S/c21-16-8-6-13(10-18(16)23)25-20(27)12-26(14-7-9-17(22)19(24)11-14)30(28,29)15-4-2-1-3-5-15/h1-11H,12H2,(H,25,27). The van der Waals surface area contributed by atoms with Gasteiger partial charge in [-0.3, -0.25) is 9.10 Å². The van der Waals surface area contributed by atoms with Crippen LogP contribution in [0.3, 0.4) is 0 Å². The molecule has 156 valence electrons. The van der Waals surface area contributed by atoms with Gasteiger partial charge in [0.15, 0.2) is 0 Å². The van der Waals surface area contributed by atoms with Crippen molar-refractivity contribution < 1.29 is 13.2 Å². The molecule has 0 aromatic heterocycles. The number of hydrogen-bond donors (Lipinski definition) is 1. The van der Waals surface area contributed by atoms with Crippen molar-refractivity contribution in [2.45, 2.75) is 4.90 Å². The molecule has 5 nitrogen and oxygen atoms in total. The highest BCUT2D eigenvalue weighted by atomic mass is 35.5. The summed E-state index contributed by atoms with van der Waals surface area (Å²) in [6.45, 7) is -0.505. The SMILES string of the molecule is O=C(CN(c1ccc(Cl)c(Cl)c1)S(=O)(=O)c1ccccc1)Nc1ccc(Cl)c(Cl)c1. The molecule has 3 aromatic carbocycles. The Morgan fingerprint density at radius 1 is 0.800 bits per heavy atom.